The van der Waals surface area contributed by atoms with Gasteiger partial charge in [0.1, 0.15) is 18.3 Å². The molecule has 8 nitrogen and oxygen atoms in total. The number of halogens is 4. The molecule has 3 heterocycles. The molecule has 0 saturated carbocycles. The second kappa shape index (κ2) is 13.6. The number of carbonyl (C=O) groups excluding carboxylic acids is 2. The first-order valence-corrected chi connectivity index (χ1v) is 15.3. The molecule has 0 N–H and O–H groups in total. The van der Waals surface area contributed by atoms with Crippen molar-refractivity contribution in [3.8, 4) is 0 Å². The number of hydrogen-bond donors (Lipinski definition) is 0. The van der Waals surface area contributed by atoms with Crippen molar-refractivity contribution in [2.45, 2.75) is 70.6 Å². The molecule has 0 aromatic carbocycles. The van der Waals surface area contributed by atoms with E-state index in [-0.39, 0.29) is 41.7 Å². The van der Waals surface area contributed by atoms with E-state index in [9.17, 15) is 22.8 Å². The summed E-state index contributed by atoms with van der Waals surface area (Å²) in [5.41, 5.74) is -0.0447. The number of nitrogens with zero attached hydrogens (tertiary/aromatic N) is 2. The van der Waals surface area contributed by atoms with Crippen molar-refractivity contribution in [1.82, 2.24) is 9.55 Å². The molecule has 0 unspecified atom stereocenters. The number of aryl methyl sites for hydroxylation is 1. The van der Waals surface area contributed by atoms with Crippen LogP contribution in [0.2, 0.25) is 0 Å². The maximum absolute atomic E-state index is 13.7. The van der Waals surface area contributed by atoms with Crippen molar-refractivity contribution < 1.29 is 41.7 Å². The Hall–Kier alpha value is -2.89. The number of imidazole rings is 1. The molecule has 1 aromatic heterocycles. The van der Waals surface area contributed by atoms with Gasteiger partial charge in [-0.2, -0.15) is 13.2 Å². The third kappa shape index (κ3) is 7.84. The maximum atomic E-state index is 13.7. The van der Waals surface area contributed by atoms with Crippen molar-refractivity contribution in [3.05, 3.63) is 59.7 Å². The fraction of sp³-hybridized carbons (Fsp3) is 0.594. The normalized spacial score (nSPS) is 31.5. The molecule has 0 spiro atoms. The molecule has 1 aliphatic carbocycles. The van der Waals surface area contributed by atoms with Crippen LogP contribution in [0.5, 0.6) is 0 Å². The van der Waals surface area contributed by atoms with E-state index < -0.39 is 42.2 Å². The molecule has 2 aliphatic heterocycles. The second-order valence-corrected chi connectivity index (χ2v) is 12.6. The van der Waals surface area contributed by atoms with E-state index in [1.807, 2.05) is 6.92 Å². The van der Waals surface area contributed by atoms with Gasteiger partial charge in [0, 0.05) is 25.2 Å². The molecule has 3 aliphatic rings. The Bertz CT molecular complexity index is 1340. The third-order valence-electron chi connectivity index (χ3n) is 8.51. The number of alkyl halides is 4. The van der Waals surface area contributed by atoms with Crippen LogP contribution in [0.15, 0.2) is 54.1 Å². The summed E-state index contributed by atoms with van der Waals surface area (Å²) in [5, 5.41) is 0. The summed E-state index contributed by atoms with van der Waals surface area (Å²) in [7, 11) is 1.80. The van der Waals surface area contributed by atoms with Gasteiger partial charge in [-0.15, -0.1) is 11.6 Å². The van der Waals surface area contributed by atoms with Crippen LogP contribution in [0.3, 0.4) is 0 Å². The third-order valence-corrected chi connectivity index (χ3v) is 8.78. The Morgan fingerprint density at radius 3 is 2.68 bits per heavy atom. The van der Waals surface area contributed by atoms with Gasteiger partial charge in [-0.05, 0) is 75.0 Å². The van der Waals surface area contributed by atoms with Gasteiger partial charge in [-0.1, -0.05) is 31.6 Å². The molecule has 0 saturated heterocycles. The van der Waals surface area contributed by atoms with Crippen molar-refractivity contribution >= 4 is 29.6 Å². The van der Waals surface area contributed by atoms with Crippen molar-refractivity contribution in [1.29, 1.82) is 0 Å². The zero-order valence-electron chi connectivity index (χ0n) is 25.6. The van der Waals surface area contributed by atoms with Crippen LogP contribution in [-0.2, 0) is 35.6 Å². The number of allylic oxidation sites excluding steroid dienone is 3. The number of ether oxygens (including phenoxy) is 4. The number of aromatic nitrogens is 2. The lowest BCUT2D eigenvalue weighted by atomic mass is 9.65. The van der Waals surface area contributed by atoms with Crippen LogP contribution in [0, 0.1) is 23.7 Å². The summed E-state index contributed by atoms with van der Waals surface area (Å²) < 4.78 is 65.8. The van der Waals surface area contributed by atoms with Gasteiger partial charge in [-0.25, -0.2) is 14.6 Å². The Morgan fingerprint density at radius 1 is 1.30 bits per heavy atom. The van der Waals surface area contributed by atoms with E-state index in [0.717, 1.165) is 5.57 Å². The minimum atomic E-state index is -4.72. The number of rotatable bonds is 10. The fourth-order valence-electron chi connectivity index (χ4n) is 6.16. The lowest BCUT2D eigenvalue weighted by molar-refractivity contribution is -0.274. The summed E-state index contributed by atoms with van der Waals surface area (Å²) in [5.74, 6) is -3.86. The van der Waals surface area contributed by atoms with Crippen LogP contribution in [0.25, 0.3) is 6.08 Å². The summed E-state index contributed by atoms with van der Waals surface area (Å²) in [6.45, 7) is 6.01. The Balaban J connectivity index is 1.80. The molecule has 4 rings (SSSR count). The van der Waals surface area contributed by atoms with Gasteiger partial charge in [0.05, 0.1) is 24.2 Å². The predicted molar refractivity (Wildman–Crippen MR) is 158 cm³/mol. The van der Waals surface area contributed by atoms with Crippen LogP contribution >= 0.6 is 11.6 Å². The first-order valence-electron chi connectivity index (χ1n) is 14.8. The first-order chi connectivity index (χ1) is 20.7. The summed E-state index contributed by atoms with van der Waals surface area (Å²) in [6.07, 6.45) is 8.40. The Morgan fingerprint density at radius 2 is 2.05 bits per heavy atom. The largest absolute Gasteiger partial charge is 0.462 e. The summed E-state index contributed by atoms with van der Waals surface area (Å²) in [6, 6.07) is 0. The molecule has 12 heteroatoms. The van der Waals surface area contributed by atoms with Crippen LogP contribution in [0.1, 0.15) is 52.7 Å². The lowest BCUT2D eigenvalue weighted by Gasteiger charge is -2.41. The van der Waals surface area contributed by atoms with Gasteiger partial charge in [0.2, 0.25) is 5.79 Å². The Labute approximate surface area is 260 Å². The van der Waals surface area contributed by atoms with E-state index in [1.165, 1.54) is 24.3 Å². The van der Waals surface area contributed by atoms with Crippen molar-refractivity contribution in [3.63, 3.8) is 0 Å². The van der Waals surface area contributed by atoms with Gasteiger partial charge >= 0.3 is 18.1 Å². The van der Waals surface area contributed by atoms with Crippen molar-refractivity contribution in [2.75, 3.05) is 19.1 Å². The average Bonchev–Trinajstić information content (AvgIpc) is 3.54. The molecule has 1 aromatic rings. The Kier molecular flexibility index (Phi) is 10.5. The standard InChI is InChI=1S/C32H40ClF3N2O6/c1-20(2)23-9-7-21(3)24-16-27(43-28(39)10-8-22-17-38(5)19-37-22)30(4)11-12-31(44-30,42-18-32(34,35)36)26(15-25(23)24)29(40)41-14-6-13-33/h7-8,10-12,15,17,19-20,23-25,27H,6,9,13-14,16,18H2,1-5H3/b10-8+,26-15-/t23-,24+,25-,27+,30+,31-/m1/s1. The van der Waals surface area contributed by atoms with Crippen LogP contribution in [-0.4, -0.2) is 64.3 Å². The summed E-state index contributed by atoms with van der Waals surface area (Å²) >= 11 is 5.78. The fourth-order valence-corrected chi connectivity index (χ4v) is 6.27. The maximum Gasteiger partial charge on any atom is 0.411 e. The number of carbonyl (C=O) groups is 2. The highest BCUT2D eigenvalue weighted by Crippen LogP contribution is 2.50. The SMILES string of the molecule is CC1=CC[C@H](C(C)C)[C@H]2/C=C(/C(=O)OCCCCl)[C@@]3(OCC(F)(F)F)C=C[C@](C)(O3)[C@@H](OC(=O)/C=C/c3cn(C)cn3)C[C@@H]12. The zero-order chi connectivity index (χ0) is 32.3. The number of fused-ring (bicyclic) bond motifs is 3. The molecule has 0 fully saturated rings. The molecule has 0 radical (unpaired) electrons. The molecule has 6 atom stereocenters. The molecule has 44 heavy (non-hydrogen) atoms. The molecule has 242 valence electrons. The highest BCUT2D eigenvalue weighted by Gasteiger charge is 2.56. The van der Waals surface area contributed by atoms with E-state index in [2.05, 4.69) is 24.9 Å². The zero-order valence-corrected chi connectivity index (χ0v) is 26.4. The van der Waals surface area contributed by atoms with Gasteiger partial charge in [0.25, 0.3) is 0 Å². The van der Waals surface area contributed by atoms with Gasteiger partial charge < -0.3 is 23.5 Å². The molecular weight excluding hydrogens is 601 g/mol. The van der Waals surface area contributed by atoms with E-state index in [0.29, 0.717) is 25.0 Å². The minimum Gasteiger partial charge on any atom is -0.462 e. The monoisotopic (exact) mass is 640 g/mol. The molecular formula is C32H40ClF3N2O6. The highest BCUT2D eigenvalue weighted by molar-refractivity contribution is 6.17. The van der Waals surface area contributed by atoms with Crippen molar-refractivity contribution in [2.24, 2.45) is 30.7 Å². The molecule has 0 amide bonds. The number of esters is 2. The van der Waals surface area contributed by atoms with Gasteiger partial charge in [-0.3, -0.25) is 0 Å². The summed E-state index contributed by atoms with van der Waals surface area (Å²) in [4.78, 5) is 31.0. The smallest absolute Gasteiger partial charge is 0.411 e. The van der Waals surface area contributed by atoms with Crippen LogP contribution < -0.4 is 0 Å². The van der Waals surface area contributed by atoms with E-state index in [4.69, 9.17) is 30.5 Å². The first kappa shape index (κ1) is 34.0. The van der Waals surface area contributed by atoms with Crippen LogP contribution in [0.4, 0.5) is 13.2 Å². The topological polar surface area (TPSA) is 88.9 Å². The second-order valence-electron chi connectivity index (χ2n) is 12.2. The van der Waals surface area contributed by atoms with E-state index in [1.54, 1.807) is 37.1 Å². The highest BCUT2D eigenvalue weighted by atomic mass is 35.5. The lowest BCUT2D eigenvalue weighted by Crippen LogP contribution is -2.49. The minimum absolute atomic E-state index is 0.0283. The quantitative estimate of drug-likeness (QED) is 0.0972. The number of hydrogen-bond acceptors (Lipinski definition) is 7. The predicted octanol–water partition coefficient (Wildman–Crippen LogP) is 6.32. The van der Waals surface area contributed by atoms with E-state index >= 15 is 0 Å². The average molecular weight is 641 g/mol. The van der Waals surface area contributed by atoms with Gasteiger partial charge in [0.15, 0.2) is 0 Å². The molecule has 2 bridgehead atoms.